The Morgan fingerprint density at radius 1 is 0.884 bits per heavy atom. The molecule has 43 heavy (non-hydrogen) atoms. The summed E-state index contributed by atoms with van der Waals surface area (Å²) in [5.74, 6) is -1.75. The average Bonchev–Trinajstić information content (AvgIpc) is 3.38. The molecule has 11 heteroatoms. The molecule has 0 spiro atoms. The van der Waals surface area contributed by atoms with Crippen LogP contribution >= 0.6 is 0 Å². The minimum atomic E-state index is -4.53. The van der Waals surface area contributed by atoms with Crippen LogP contribution in [-0.2, 0) is 38.6 Å². The standard InChI is InChI=1S/C32H27F3N2O5S/c33-32(34,35)25-11-6-10-23(18-25)22-13-15-27(16-14-22)43(41,42)37-28-12-5-4-9-24(28)19-29(37)31(40)36-26(20-30(38)39)17-21-7-2-1-3-8-21/h1-16,18,26,29H,17,19-20H2,(H,36,40)(H,38,39)/t26-,29-/m0/s1. The van der Waals surface area contributed by atoms with Crippen LogP contribution in [0.4, 0.5) is 18.9 Å². The summed E-state index contributed by atoms with van der Waals surface area (Å²) in [6, 6.07) is 23.9. The lowest BCUT2D eigenvalue weighted by Gasteiger charge is -2.28. The summed E-state index contributed by atoms with van der Waals surface area (Å²) >= 11 is 0. The number of anilines is 1. The summed E-state index contributed by atoms with van der Waals surface area (Å²) in [5.41, 5.74) is 1.60. The Labute approximate surface area is 246 Å². The van der Waals surface area contributed by atoms with Crippen LogP contribution in [-0.4, -0.2) is 37.5 Å². The molecular formula is C32H27F3N2O5S. The van der Waals surface area contributed by atoms with Gasteiger partial charge in [-0.1, -0.05) is 72.8 Å². The van der Waals surface area contributed by atoms with Gasteiger partial charge in [0.15, 0.2) is 0 Å². The molecule has 0 saturated carbocycles. The monoisotopic (exact) mass is 608 g/mol. The number of sulfonamides is 1. The van der Waals surface area contributed by atoms with Crippen molar-refractivity contribution in [2.45, 2.75) is 42.4 Å². The lowest BCUT2D eigenvalue weighted by atomic mass is 10.0. The molecule has 2 atom stereocenters. The zero-order chi connectivity index (χ0) is 30.8. The maximum Gasteiger partial charge on any atom is 0.416 e. The normalized spacial score (nSPS) is 15.5. The molecule has 1 amide bonds. The maximum absolute atomic E-state index is 14.0. The second-order valence-corrected chi connectivity index (χ2v) is 12.1. The largest absolute Gasteiger partial charge is 0.481 e. The predicted molar refractivity (Wildman–Crippen MR) is 155 cm³/mol. The third kappa shape index (κ3) is 6.56. The quantitative estimate of drug-likeness (QED) is 0.254. The molecule has 2 N–H and O–H groups in total. The summed E-state index contributed by atoms with van der Waals surface area (Å²) in [5, 5.41) is 12.2. The molecule has 0 saturated heterocycles. The zero-order valence-electron chi connectivity index (χ0n) is 22.7. The number of nitrogens with zero attached hydrogens (tertiary/aromatic N) is 1. The van der Waals surface area contributed by atoms with Gasteiger partial charge in [-0.2, -0.15) is 13.2 Å². The first-order valence-electron chi connectivity index (χ1n) is 13.4. The van der Waals surface area contributed by atoms with E-state index in [0.717, 1.165) is 22.0 Å². The lowest BCUT2D eigenvalue weighted by Crippen LogP contribution is -2.51. The van der Waals surface area contributed by atoms with Gasteiger partial charge in [0.25, 0.3) is 10.0 Å². The minimum Gasteiger partial charge on any atom is -0.481 e. The number of fused-ring (bicyclic) bond motifs is 1. The van der Waals surface area contributed by atoms with Crippen LogP contribution in [0.15, 0.2) is 108 Å². The summed E-state index contributed by atoms with van der Waals surface area (Å²) in [7, 11) is -4.32. The fraction of sp³-hybridized carbons (Fsp3) is 0.188. The van der Waals surface area contributed by atoms with Gasteiger partial charge in [0.2, 0.25) is 5.91 Å². The van der Waals surface area contributed by atoms with E-state index in [0.29, 0.717) is 16.8 Å². The van der Waals surface area contributed by atoms with Crippen LogP contribution in [0.1, 0.15) is 23.1 Å². The number of carboxylic acid groups (broad SMARTS) is 1. The van der Waals surface area contributed by atoms with E-state index in [2.05, 4.69) is 5.32 Å². The molecular weight excluding hydrogens is 581 g/mol. The van der Waals surface area contributed by atoms with Crippen molar-refractivity contribution >= 4 is 27.6 Å². The van der Waals surface area contributed by atoms with Crippen molar-refractivity contribution < 1.29 is 36.3 Å². The van der Waals surface area contributed by atoms with Crippen molar-refractivity contribution in [2.24, 2.45) is 0 Å². The highest BCUT2D eigenvalue weighted by Gasteiger charge is 2.42. The molecule has 222 valence electrons. The highest BCUT2D eigenvalue weighted by molar-refractivity contribution is 7.93. The van der Waals surface area contributed by atoms with Gasteiger partial charge in [0, 0.05) is 12.5 Å². The van der Waals surface area contributed by atoms with E-state index in [1.165, 1.54) is 36.4 Å². The first kappa shape index (κ1) is 29.8. The summed E-state index contributed by atoms with van der Waals surface area (Å²) in [6.45, 7) is 0. The number of nitrogens with one attached hydrogen (secondary N) is 1. The predicted octanol–water partition coefficient (Wildman–Crippen LogP) is 5.69. The molecule has 0 unspecified atom stereocenters. The Bertz CT molecular complexity index is 1740. The van der Waals surface area contributed by atoms with Gasteiger partial charge < -0.3 is 10.4 Å². The number of benzene rings is 4. The molecule has 0 fully saturated rings. The molecule has 0 radical (unpaired) electrons. The number of hydrogen-bond acceptors (Lipinski definition) is 4. The van der Waals surface area contributed by atoms with Crippen molar-refractivity contribution in [3.8, 4) is 11.1 Å². The van der Waals surface area contributed by atoms with E-state index in [1.54, 1.807) is 36.4 Å². The number of carbonyl (C=O) groups is 2. The molecule has 4 aromatic carbocycles. The van der Waals surface area contributed by atoms with Gasteiger partial charge in [-0.15, -0.1) is 0 Å². The number of carbonyl (C=O) groups excluding carboxylic acids is 1. The highest BCUT2D eigenvalue weighted by Crippen LogP contribution is 2.38. The molecule has 0 aromatic heterocycles. The van der Waals surface area contributed by atoms with Crippen molar-refractivity contribution in [3.05, 3.63) is 120 Å². The molecule has 0 bridgehead atoms. The Balaban J connectivity index is 1.44. The zero-order valence-corrected chi connectivity index (χ0v) is 23.5. The van der Waals surface area contributed by atoms with Crippen LogP contribution in [0.3, 0.4) is 0 Å². The van der Waals surface area contributed by atoms with Gasteiger partial charge in [-0.05, 0) is 59.0 Å². The van der Waals surface area contributed by atoms with Crippen molar-refractivity contribution in [3.63, 3.8) is 0 Å². The number of para-hydroxylation sites is 1. The van der Waals surface area contributed by atoms with Gasteiger partial charge in [0.05, 0.1) is 22.6 Å². The smallest absolute Gasteiger partial charge is 0.416 e. The summed E-state index contributed by atoms with van der Waals surface area (Å²) < 4.78 is 68.7. The first-order valence-corrected chi connectivity index (χ1v) is 14.8. The number of alkyl halides is 3. The first-order chi connectivity index (χ1) is 20.4. The van der Waals surface area contributed by atoms with Crippen molar-refractivity contribution in [1.29, 1.82) is 0 Å². The Morgan fingerprint density at radius 3 is 2.23 bits per heavy atom. The van der Waals surface area contributed by atoms with Crippen molar-refractivity contribution in [1.82, 2.24) is 5.32 Å². The minimum absolute atomic E-state index is 0.0781. The number of amides is 1. The molecule has 0 aliphatic carbocycles. The molecule has 4 aromatic rings. The number of aliphatic carboxylic acids is 1. The van der Waals surface area contributed by atoms with Crippen LogP contribution in [0, 0.1) is 0 Å². The van der Waals surface area contributed by atoms with E-state index in [-0.39, 0.29) is 29.7 Å². The number of halogens is 3. The van der Waals surface area contributed by atoms with Gasteiger partial charge in [-0.25, -0.2) is 8.42 Å². The van der Waals surface area contributed by atoms with Crippen LogP contribution in [0.25, 0.3) is 11.1 Å². The van der Waals surface area contributed by atoms with Gasteiger partial charge in [0.1, 0.15) is 6.04 Å². The Kier molecular flexibility index (Phi) is 8.27. The molecule has 1 aliphatic heterocycles. The van der Waals surface area contributed by atoms with Crippen LogP contribution < -0.4 is 9.62 Å². The highest BCUT2D eigenvalue weighted by atomic mass is 32.2. The van der Waals surface area contributed by atoms with Gasteiger partial charge >= 0.3 is 12.1 Å². The van der Waals surface area contributed by atoms with E-state index < -0.39 is 45.7 Å². The number of hydrogen-bond donors (Lipinski definition) is 2. The number of carboxylic acids is 1. The van der Waals surface area contributed by atoms with Crippen LogP contribution in [0.2, 0.25) is 0 Å². The van der Waals surface area contributed by atoms with E-state index in [4.69, 9.17) is 0 Å². The third-order valence-electron chi connectivity index (χ3n) is 7.25. The second-order valence-electron chi connectivity index (χ2n) is 10.2. The summed E-state index contributed by atoms with van der Waals surface area (Å²) in [4.78, 5) is 25.1. The maximum atomic E-state index is 14.0. The SMILES string of the molecule is O=C(O)C[C@H](Cc1ccccc1)NC(=O)[C@@H]1Cc2ccccc2N1S(=O)(=O)c1ccc(-c2cccc(C(F)(F)F)c2)cc1. The Morgan fingerprint density at radius 2 is 1.56 bits per heavy atom. The van der Waals surface area contributed by atoms with Crippen LogP contribution in [0.5, 0.6) is 0 Å². The van der Waals surface area contributed by atoms with E-state index in [1.807, 2.05) is 18.2 Å². The molecule has 1 aliphatic rings. The topological polar surface area (TPSA) is 104 Å². The molecule has 7 nitrogen and oxygen atoms in total. The summed E-state index contributed by atoms with van der Waals surface area (Å²) in [6.07, 6.45) is -4.57. The number of rotatable bonds is 9. The van der Waals surface area contributed by atoms with E-state index in [9.17, 15) is 36.3 Å². The van der Waals surface area contributed by atoms with Gasteiger partial charge in [-0.3, -0.25) is 13.9 Å². The Hall–Kier alpha value is -4.64. The molecule has 5 rings (SSSR count). The average molecular weight is 609 g/mol. The fourth-order valence-corrected chi connectivity index (χ4v) is 6.89. The fourth-order valence-electron chi connectivity index (χ4n) is 5.24. The van der Waals surface area contributed by atoms with E-state index >= 15 is 0 Å². The molecule has 1 heterocycles. The second kappa shape index (κ2) is 11.9. The lowest BCUT2D eigenvalue weighted by molar-refractivity contribution is -0.138. The third-order valence-corrected chi connectivity index (χ3v) is 9.09. The van der Waals surface area contributed by atoms with Crippen molar-refractivity contribution in [2.75, 3.05) is 4.31 Å².